The first-order valence-electron chi connectivity index (χ1n) is 8.19. The van der Waals surface area contributed by atoms with E-state index in [1.54, 1.807) is 0 Å². The third-order valence-electron chi connectivity index (χ3n) is 4.81. The van der Waals surface area contributed by atoms with Crippen LogP contribution in [0.5, 0.6) is 0 Å². The van der Waals surface area contributed by atoms with E-state index >= 15 is 0 Å². The minimum atomic E-state index is -0.647. The Morgan fingerprint density at radius 2 is 1.80 bits per heavy atom. The summed E-state index contributed by atoms with van der Waals surface area (Å²) in [5.41, 5.74) is -0.647. The zero-order valence-electron chi connectivity index (χ0n) is 12.7. The monoisotopic (exact) mass is 278 g/mol. The molecule has 0 bridgehead atoms. The molecule has 2 aliphatic carbocycles. The lowest BCUT2D eigenvalue weighted by atomic mass is 9.96. The molecule has 0 aliphatic heterocycles. The van der Waals surface area contributed by atoms with E-state index in [9.17, 15) is 10.1 Å². The summed E-state index contributed by atoms with van der Waals surface area (Å²) in [5.74, 6) is 0.376. The summed E-state index contributed by atoms with van der Waals surface area (Å²) in [6.45, 7) is 2.33. The van der Waals surface area contributed by atoms with Crippen molar-refractivity contribution in [1.82, 2.24) is 5.32 Å². The van der Waals surface area contributed by atoms with Gasteiger partial charge in [-0.2, -0.15) is 5.26 Å². The predicted octanol–water partition coefficient (Wildman–Crippen LogP) is 1.47. The average Bonchev–Trinajstić information content (AvgIpc) is 3.22. The van der Waals surface area contributed by atoms with Crippen LogP contribution >= 0.6 is 0 Å². The normalized spacial score (nSPS) is 24.0. The van der Waals surface area contributed by atoms with Crippen molar-refractivity contribution in [2.45, 2.75) is 76.3 Å². The van der Waals surface area contributed by atoms with Gasteiger partial charge in [0.25, 0.3) is 5.91 Å². The number of quaternary nitrogens is 1. The number of nitriles is 1. The van der Waals surface area contributed by atoms with Crippen LogP contribution in [0.4, 0.5) is 0 Å². The highest BCUT2D eigenvalue weighted by molar-refractivity contribution is 5.78. The maximum absolute atomic E-state index is 12.1. The molecule has 0 aromatic heterocycles. The van der Waals surface area contributed by atoms with E-state index in [2.05, 4.69) is 16.7 Å². The van der Waals surface area contributed by atoms with Crippen molar-refractivity contribution in [2.24, 2.45) is 5.92 Å². The molecule has 4 heteroatoms. The summed E-state index contributed by atoms with van der Waals surface area (Å²) in [4.78, 5) is 12.1. The van der Waals surface area contributed by atoms with Gasteiger partial charge in [0.2, 0.25) is 0 Å². The highest BCUT2D eigenvalue weighted by Gasteiger charge is 2.43. The van der Waals surface area contributed by atoms with E-state index in [-0.39, 0.29) is 5.91 Å². The van der Waals surface area contributed by atoms with Gasteiger partial charge < -0.3 is 10.6 Å². The Bertz CT molecular complexity index is 364. The van der Waals surface area contributed by atoms with Crippen molar-refractivity contribution in [3.8, 4) is 6.07 Å². The number of nitrogens with one attached hydrogen (secondary N) is 1. The molecule has 0 saturated heterocycles. The van der Waals surface area contributed by atoms with Gasteiger partial charge in [0.05, 0.1) is 12.1 Å². The van der Waals surface area contributed by atoms with Crippen LogP contribution in [0.15, 0.2) is 0 Å². The molecule has 2 saturated carbocycles. The van der Waals surface area contributed by atoms with Crippen LogP contribution in [-0.2, 0) is 4.79 Å². The zero-order chi connectivity index (χ0) is 14.4. The number of carbonyl (C=O) groups excluding carboxylic acids is 1. The molecule has 112 valence electrons. The Labute approximate surface area is 122 Å². The predicted molar refractivity (Wildman–Crippen MR) is 77.8 cm³/mol. The number of hydrogen-bond donors (Lipinski definition) is 2. The second-order valence-electron chi connectivity index (χ2n) is 6.68. The van der Waals surface area contributed by atoms with Crippen LogP contribution in [0.2, 0.25) is 0 Å². The third kappa shape index (κ3) is 4.49. The molecule has 0 heterocycles. The van der Waals surface area contributed by atoms with Gasteiger partial charge >= 0.3 is 0 Å². The lowest BCUT2D eigenvalue weighted by Crippen LogP contribution is -2.92. The fourth-order valence-electron chi connectivity index (χ4n) is 3.22. The first-order chi connectivity index (χ1) is 9.64. The van der Waals surface area contributed by atoms with Crippen LogP contribution in [0.3, 0.4) is 0 Å². The second-order valence-corrected chi connectivity index (χ2v) is 6.68. The molecule has 1 amide bonds. The Balaban J connectivity index is 1.72. The quantitative estimate of drug-likeness (QED) is 0.799. The number of rotatable bonds is 5. The molecule has 2 aliphatic rings. The smallest absolute Gasteiger partial charge is 0.276 e. The number of nitrogens with zero attached hydrogens (tertiary/aromatic N) is 1. The summed E-state index contributed by atoms with van der Waals surface area (Å²) in [7, 11) is 0. The van der Waals surface area contributed by atoms with Gasteiger partial charge in [-0.25, -0.2) is 0 Å². The van der Waals surface area contributed by atoms with Crippen molar-refractivity contribution in [3.63, 3.8) is 0 Å². The van der Waals surface area contributed by atoms with Gasteiger partial charge in [-0.15, -0.1) is 0 Å². The number of nitrogens with two attached hydrogens (primary N) is 1. The Kier molecular flexibility index (Phi) is 5.42. The molecule has 4 nitrogen and oxygen atoms in total. The van der Waals surface area contributed by atoms with E-state index in [0.29, 0.717) is 18.5 Å². The van der Waals surface area contributed by atoms with Gasteiger partial charge in [-0.3, -0.25) is 4.79 Å². The molecule has 0 spiro atoms. The van der Waals surface area contributed by atoms with E-state index in [1.807, 2.05) is 6.92 Å². The fourth-order valence-corrected chi connectivity index (χ4v) is 3.22. The highest BCUT2D eigenvalue weighted by Crippen LogP contribution is 2.39. The SMILES string of the molecule is C[C@@](C#N)(NC(=O)C[NH2+]C1CCCCCCC1)C1CC1. The van der Waals surface area contributed by atoms with E-state index in [1.165, 1.54) is 44.9 Å². The largest absolute Gasteiger partial charge is 0.336 e. The summed E-state index contributed by atoms with van der Waals surface area (Å²) in [6, 6.07) is 2.87. The number of hydrogen-bond acceptors (Lipinski definition) is 2. The van der Waals surface area contributed by atoms with Crippen LogP contribution in [0.1, 0.15) is 64.7 Å². The van der Waals surface area contributed by atoms with Crippen LogP contribution in [0, 0.1) is 17.2 Å². The minimum Gasteiger partial charge on any atom is -0.336 e. The average molecular weight is 278 g/mol. The Morgan fingerprint density at radius 1 is 1.20 bits per heavy atom. The van der Waals surface area contributed by atoms with Crippen LogP contribution < -0.4 is 10.6 Å². The molecule has 1 atom stereocenters. The maximum Gasteiger partial charge on any atom is 0.276 e. The van der Waals surface area contributed by atoms with Gasteiger partial charge in [-0.1, -0.05) is 19.3 Å². The van der Waals surface area contributed by atoms with Crippen LogP contribution in [0.25, 0.3) is 0 Å². The molecule has 2 fully saturated rings. The zero-order valence-corrected chi connectivity index (χ0v) is 12.7. The van der Waals surface area contributed by atoms with Crippen molar-refractivity contribution < 1.29 is 10.1 Å². The van der Waals surface area contributed by atoms with Gasteiger partial charge in [0, 0.05) is 0 Å². The second kappa shape index (κ2) is 7.08. The molecular weight excluding hydrogens is 250 g/mol. The molecule has 20 heavy (non-hydrogen) atoms. The van der Waals surface area contributed by atoms with Gasteiger partial charge in [0.1, 0.15) is 5.54 Å². The molecule has 2 rings (SSSR count). The number of amides is 1. The molecule has 0 aromatic rings. The van der Waals surface area contributed by atoms with Crippen molar-refractivity contribution in [3.05, 3.63) is 0 Å². The summed E-state index contributed by atoms with van der Waals surface area (Å²) >= 11 is 0. The molecule has 0 aromatic carbocycles. The summed E-state index contributed by atoms with van der Waals surface area (Å²) < 4.78 is 0. The van der Waals surface area contributed by atoms with Crippen molar-refractivity contribution in [2.75, 3.05) is 6.54 Å². The Hall–Kier alpha value is -1.08. The van der Waals surface area contributed by atoms with Gasteiger partial charge in [0.15, 0.2) is 6.54 Å². The Morgan fingerprint density at radius 3 is 2.35 bits per heavy atom. The topological polar surface area (TPSA) is 69.5 Å². The third-order valence-corrected chi connectivity index (χ3v) is 4.81. The molecule has 0 radical (unpaired) electrons. The van der Waals surface area contributed by atoms with E-state index in [0.717, 1.165) is 12.8 Å². The minimum absolute atomic E-state index is 0.0167. The first kappa shape index (κ1) is 15.3. The number of carbonyl (C=O) groups is 1. The fraction of sp³-hybridized carbons (Fsp3) is 0.875. The maximum atomic E-state index is 12.1. The molecule has 0 unspecified atom stereocenters. The van der Waals surface area contributed by atoms with Gasteiger partial charge in [-0.05, 0) is 51.4 Å². The van der Waals surface area contributed by atoms with Crippen molar-refractivity contribution in [1.29, 1.82) is 5.26 Å². The highest BCUT2D eigenvalue weighted by atomic mass is 16.2. The summed E-state index contributed by atoms with van der Waals surface area (Å²) in [6.07, 6.45) is 11.2. The summed E-state index contributed by atoms with van der Waals surface area (Å²) in [5, 5.41) is 14.4. The standard InChI is InChI=1S/C16H27N3O/c1-16(12-17,13-9-10-13)19-15(20)11-18-14-7-5-3-2-4-6-8-14/h13-14,18H,2-11H2,1H3,(H,19,20)/p+1/t16-/m0/s1. The molecule has 3 N–H and O–H groups in total. The lowest BCUT2D eigenvalue weighted by molar-refractivity contribution is -0.680. The van der Waals surface area contributed by atoms with Crippen molar-refractivity contribution >= 4 is 5.91 Å². The van der Waals surface area contributed by atoms with E-state index < -0.39 is 5.54 Å². The van der Waals surface area contributed by atoms with E-state index in [4.69, 9.17) is 0 Å². The first-order valence-corrected chi connectivity index (χ1v) is 8.19. The van der Waals surface area contributed by atoms with Crippen LogP contribution in [-0.4, -0.2) is 24.0 Å². The lowest BCUT2D eigenvalue weighted by Gasteiger charge is -2.23. The molecular formula is C16H28N3O+.